The van der Waals surface area contributed by atoms with Gasteiger partial charge >= 0.3 is 12.1 Å². The van der Waals surface area contributed by atoms with Gasteiger partial charge in [-0.15, -0.1) is 0 Å². The number of likely N-dealkylation sites (tertiary alicyclic amines) is 1. The Labute approximate surface area is 173 Å². The minimum absolute atomic E-state index is 0.0382. The van der Waals surface area contributed by atoms with Crippen molar-refractivity contribution >= 4 is 5.78 Å². The zero-order valence-corrected chi connectivity index (χ0v) is 17.0. The van der Waals surface area contributed by atoms with E-state index in [-0.39, 0.29) is 11.6 Å². The van der Waals surface area contributed by atoms with Gasteiger partial charge in [-0.3, -0.25) is 4.79 Å². The van der Waals surface area contributed by atoms with E-state index in [1.807, 2.05) is 0 Å². The summed E-state index contributed by atoms with van der Waals surface area (Å²) in [5, 5.41) is 3.36. The number of benzene rings is 1. The summed E-state index contributed by atoms with van der Waals surface area (Å²) >= 11 is 0. The first-order valence-corrected chi connectivity index (χ1v) is 10.5. The Morgan fingerprint density at radius 1 is 1.20 bits per heavy atom. The van der Waals surface area contributed by atoms with Crippen LogP contribution in [0, 0.1) is 17.8 Å². The molecule has 8 heteroatoms. The number of nitrogens with zero attached hydrogens (tertiary/aromatic N) is 3. The average Bonchev–Trinajstić information content (AvgIpc) is 3.33. The number of alkyl halides is 3. The number of aromatic nitrogens is 2. The molecule has 2 fully saturated rings. The lowest BCUT2D eigenvalue weighted by molar-refractivity contribution is -0.159. The van der Waals surface area contributed by atoms with Gasteiger partial charge in [-0.2, -0.15) is 18.2 Å². The molecule has 2 heterocycles. The summed E-state index contributed by atoms with van der Waals surface area (Å²) < 4.78 is 42.0. The first-order chi connectivity index (χ1) is 14.3. The fraction of sp³-hybridized carbons (Fsp3) is 0.591. The van der Waals surface area contributed by atoms with Gasteiger partial charge in [-0.05, 0) is 43.4 Å². The molecule has 2 unspecified atom stereocenters. The molecule has 30 heavy (non-hydrogen) atoms. The van der Waals surface area contributed by atoms with Crippen LogP contribution in [0.3, 0.4) is 0 Å². The maximum absolute atomic E-state index is 12.6. The van der Waals surface area contributed by atoms with Gasteiger partial charge in [0.25, 0.3) is 0 Å². The maximum Gasteiger partial charge on any atom is 0.471 e. The van der Waals surface area contributed by atoms with Crippen LogP contribution in [0.5, 0.6) is 0 Å². The van der Waals surface area contributed by atoms with Crippen LogP contribution in [0.15, 0.2) is 28.8 Å². The Balaban J connectivity index is 1.28. The van der Waals surface area contributed by atoms with Crippen LogP contribution in [-0.4, -0.2) is 40.5 Å². The van der Waals surface area contributed by atoms with E-state index in [2.05, 4.69) is 26.5 Å². The normalized spacial score (nSPS) is 22.9. The summed E-state index contributed by atoms with van der Waals surface area (Å²) in [4.78, 5) is 18.5. The molecule has 1 aromatic heterocycles. The molecule has 2 aromatic rings. The highest BCUT2D eigenvalue weighted by atomic mass is 19.4. The van der Waals surface area contributed by atoms with Gasteiger partial charge in [0.1, 0.15) is 0 Å². The molecule has 3 atom stereocenters. The number of carbonyl (C=O) groups excluding carboxylic acids is 1. The number of hydrogen-bond acceptors (Lipinski definition) is 5. The highest BCUT2D eigenvalue weighted by molar-refractivity contribution is 5.96. The molecular formula is C22H26F3N3O2. The number of halogens is 3. The number of rotatable bonds is 7. The largest absolute Gasteiger partial charge is 0.471 e. The van der Waals surface area contributed by atoms with Crippen LogP contribution in [-0.2, 0) is 6.18 Å². The molecular weight excluding hydrogens is 395 g/mol. The van der Waals surface area contributed by atoms with Crippen LogP contribution < -0.4 is 0 Å². The van der Waals surface area contributed by atoms with E-state index in [0.29, 0.717) is 23.5 Å². The van der Waals surface area contributed by atoms with E-state index in [0.717, 1.165) is 24.8 Å². The highest BCUT2D eigenvalue weighted by Crippen LogP contribution is 2.36. The lowest BCUT2D eigenvalue weighted by Gasteiger charge is -2.33. The zero-order valence-electron chi connectivity index (χ0n) is 17.0. The molecule has 0 radical (unpaired) electrons. The standard InChI is InChI=1S/C22H26F3N3O2/c1-14(11-28-12-15-3-4-16(10-15)13-28)2-9-19(29)17-5-7-18(8-6-17)20-26-21(30-27-20)22(23,24)25/h5-8,14-16H,2-4,9-13H2,1H3/t14-,15?,16?/m0/s1. The van der Waals surface area contributed by atoms with Crippen molar-refractivity contribution in [2.45, 2.75) is 45.2 Å². The van der Waals surface area contributed by atoms with Crippen molar-refractivity contribution in [1.29, 1.82) is 0 Å². The summed E-state index contributed by atoms with van der Waals surface area (Å²) in [7, 11) is 0. The fourth-order valence-electron chi connectivity index (χ4n) is 4.78. The van der Waals surface area contributed by atoms with E-state index < -0.39 is 12.1 Å². The van der Waals surface area contributed by atoms with Gasteiger partial charge in [0, 0.05) is 37.2 Å². The van der Waals surface area contributed by atoms with Crippen LogP contribution in [0.4, 0.5) is 13.2 Å². The number of carbonyl (C=O) groups is 1. The van der Waals surface area contributed by atoms with Crippen molar-refractivity contribution in [3.63, 3.8) is 0 Å². The first kappa shape index (κ1) is 21.0. The molecule has 1 aliphatic carbocycles. The lowest BCUT2D eigenvalue weighted by atomic mass is 9.95. The minimum atomic E-state index is -4.67. The van der Waals surface area contributed by atoms with E-state index in [9.17, 15) is 18.0 Å². The Morgan fingerprint density at radius 2 is 1.87 bits per heavy atom. The monoisotopic (exact) mass is 421 g/mol. The second kappa shape index (κ2) is 8.49. The highest BCUT2D eigenvalue weighted by Gasteiger charge is 2.38. The Kier molecular flexibility index (Phi) is 5.95. The number of piperidine rings is 1. The van der Waals surface area contributed by atoms with Crippen LogP contribution >= 0.6 is 0 Å². The van der Waals surface area contributed by atoms with E-state index in [4.69, 9.17) is 0 Å². The zero-order chi connectivity index (χ0) is 21.3. The minimum Gasteiger partial charge on any atom is -0.329 e. The van der Waals surface area contributed by atoms with Gasteiger partial charge in [-0.1, -0.05) is 36.3 Å². The van der Waals surface area contributed by atoms with Crippen LogP contribution in [0.1, 0.15) is 55.3 Å². The number of ketones is 1. The smallest absolute Gasteiger partial charge is 0.329 e. The summed E-state index contributed by atoms with van der Waals surface area (Å²) in [6, 6.07) is 6.30. The topological polar surface area (TPSA) is 59.2 Å². The lowest BCUT2D eigenvalue weighted by Crippen LogP contribution is -2.39. The van der Waals surface area contributed by atoms with Crippen molar-refractivity contribution in [1.82, 2.24) is 15.0 Å². The van der Waals surface area contributed by atoms with Crippen molar-refractivity contribution < 1.29 is 22.5 Å². The predicted molar refractivity (Wildman–Crippen MR) is 105 cm³/mol. The molecule has 1 saturated heterocycles. The quantitative estimate of drug-likeness (QED) is 0.583. The second-order valence-corrected chi connectivity index (χ2v) is 8.83. The van der Waals surface area contributed by atoms with Gasteiger partial charge in [0.05, 0.1) is 0 Å². The molecule has 162 valence electrons. The SMILES string of the molecule is C[C@@H](CCC(=O)c1ccc(-c2noc(C(F)(F)F)n2)cc1)CN1CC2CCC(C2)C1. The third kappa shape index (κ3) is 4.91. The third-order valence-electron chi connectivity index (χ3n) is 6.25. The van der Waals surface area contributed by atoms with Crippen LogP contribution in [0.25, 0.3) is 11.4 Å². The molecule has 0 spiro atoms. The Hall–Kier alpha value is -2.22. The summed E-state index contributed by atoms with van der Waals surface area (Å²) in [5.41, 5.74) is 0.917. The molecule has 1 saturated carbocycles. The maximum atomic E-state index is 12.6. The first-order valence-electron chi connectivity index (χ1n) is 10.5. The Morgan fingerprint density at radius 3 is 2.47 bits per heavy atom. The van der Waals surface area contributed by atoms with Gasteiger partial charge < -0.3 is 9.42 Å². The molecule has 0 amide bonds. The summed E-state index contributed by atoms with van der Waals surface area (Å²) in [6.07, 6.45) is 0.733. The predicted octanol–water partition coefficient (Wildman–Crippen LogP) is 5.09. The van der Waals surface area contributed by atoms with Gasteiger partial charge in [0.15, 0.2) is 5.78 Å². The third-order valence-corrected chi connectivity index (χ3v) is 6.25. The molecule has 1 aliphatic heterocycles. The number of fused-ring (bicyclic) bond motifs is 2. The fourth-order valence-corrected chi connectivity index (χ4v) is 4.78. The molecule has 0 N–H and O–H groups in total. The van der Waals surface area contributed by atoms with Gasteiger partial charge in [0.2, 0.25) is 5.82 Å². The Bertz CT molecular complexity index is 866. The number of Topliss-reactive ketones (excluding diaryl/α,β-unsaturated/α-hetero) is 1. The van der Waals surface area contributed by atoms with E-state index in [1.165, 1.54) is 32.4 Å². The summed E-state index contributed by atoms with van der Waals surface area (Å²) in [6.45, 7) is 5.63. The molecule has 5 nitrogen and oxygen atoms in total. The van der Waals surface area contributed by atoms with E-state index in [1.54, 1.807) is 24.3 Å². The van der Waals surface area contributed by atoms with Crippen molar-refractivity contribution in [2.24, 2.45) is 17.8 Å². The molecule has 1 aromatic carbocycles. The molecule has 2 aliphatic rings. The van der Waals surface area contributed by atoms with Crippen molar-refractivity contribution in [2.75, 3.05) is 19.6 Å². The van der Waals surface area contributed by atoms with E-state index >= 15 is 0 Å². The summed E-state index contributed by atoms with van der Waals surface area (Å²) in [5.74, 6) is 0.686. The van der Waals surface area contributed by atoms with Gasteiger partial charge in [-0.25, -0.2) is 0 Å². The average molecular weight is 421 g/mol. The number of hydrogen-bond donors (Lipinski definition) is 0. The molecule has 2 bridgehead atoms. The van der Waals surface area contributed by atoms with Crippen molar-refractivity contribution in [3.05, 3.63) is 35.7 Å². The van der Waals surface area contributed by atoms with Crippen LogP contribution in [0.2, 0.25) is 0 Å². The molecule has 4 rings (SSSR count). The van der Waals surface area contributed by atoms with Crippen molar-refractivity contribution in [3.8, 4) is 11.4 Å². The second-order valence-electron chi connectivity index (χ2n) is 8.83.